The van der Waals surface area contributed by atoms with Crippen molar-refractivity contribution in [2.75, 3.05) is 0 Å². The maximum atomic E-state index is 6.01. The highest BCUT2D eigenvalue weighted by Gasteiger charge is 2.24. The minimum Gasteiger partial charge on any atom is -0.441 e. The fourth-order valence-electron chi connectivity index (χ4n) is 3.49. The van der Waals surface area contributed by atoms with Crippen LogP contribution in [0.15, 0.2) is 72.8 Å². The van der Waals surface area contributed by atoms with E-state index in [1.54, 1.807) is 0 Å². The fourth-order valence-corrected chi connectivity index (χ4v) is 3.49. The smallest absolute Gasteiger partial charge is 0.299 e. The molecule has 0 saturated carbocycles. The molecule has 0 aliphatic carbocycles. The second kappa shape index (κ2) is 4.98. The Balaban J connectivity index is 2.00. The van der Waals surface area contributed by atoms with Gasteiger partial charge >= 0.3 is 0 Å². The van der Waals surface area contributed by atoms with Gasteiger partial charge in [0.1, 0.15) is 11.5 Å². The first kappa shape index (κ1) is 13.4. The van der Waals surface area contributed by atoms with E-state index in [1.165, 1.54) is 0 Å². The van der Waals surface area contributed by atoms with Crippen LogP contribution in [0.5, 0.6) is 11.5 Å². The van der Waals surface area contributed by atoms with Gasteiger partial charge in [-0.05, 0) is 33.7 Å². The Labute approximate surface area is 139 Å². The van der Waals surface area contributed by atoms with Crippen molar-refractivity contribution in [3.63, 3.8) is 0 Å². The molecular formula is C21H15NO2. The SMILES string of the molecule is NC1Oc2ccc3ccccc3c2-c2c(ccc3ccccc23)O1. The number of ether oxygens (including phenoxy) is 2. The summed E-state index contributed by atoms with van der Waals surface area (Å²) in [5.41, 5.74) is 8.08. The Morgan fingerprint density at radius 3 is 1.54 bits per heavy atom. The van der Waals surface area contributed by atoms with Crippen molar-refractivity contribution in [2.45, 2.75) is 6.41 Å². The third kappa shape index (κ3) is 1.88. The lowest BCUT2D eigenvalue weighted by atomic mass is 9.92. The number of hydrogen-bond donors (Lipinski definition) is 1. The molecule has 0 radical (unpaired) electrons. The summed E-state index contributed by atoms with van der Waals surface area (Å²) < 4.78 is 11.7. The first-order chi connectivity index (χ1) is 11.8. The van der Waals surface area contributed by atoms with Gasteiger partial charge < -0.3 is 9.47 Å². The third-order valence-electron chi connectivity index (χ3n) is 4.52. The minimum absolute atomic E-state index is 0.747. The van der Waals surface area contributed by atoms with E-state index in [2.05, 4.69) is 36.4 Å². The summed E-state index contributed by atoms with van der Waals surface area (Å²) in [6.07, 6.45) is -0.827. The van der Waals surface area contributed by atoms with E-state index in [0.29, 0.717) is 0 Å². The molecule has 5 rings (SSSR count). The van der Waals surface area contributed by atoms with Crippen molar-refractivity contribution in [3.05, 3.63) is 72.8 Å². The molecule has 1 aliphatic heterocycles. The van der Waals surface area contributed by atoms with Crippen LogP contribution in [0, 0.1) is 0 Å². The fraction of sp³-hybridized carbons (Fsp3) is 0.0476. The van der Waals surface area contributed by atoms with Crippen LogP contribution in [-0.2, 0) is 0 Å². The third-order valence-corrected chi connectivity index (χ3v) is 4.52. The molecule has 0 unspecified atom stereocenters. The van der Waals surface area contributed by atoms with Crippen molar-refractivity contribution >= 4 is 21.5 Å². The predicted molar refractivity (Wildman–Crippen MR) is 96.1 cm³/mol. The molecule has 1 heterocycles. The quantitative estimate of drug-likeness (QED) is 0.513. The summed E-state index contributed by atoms with van der Waals surface area (Å²) >= 11 is 0. The zero-order chi connectivity index (χ0) is 16.1. The molecule has 116 valence electrons. The second-order valence-corrected chi connectivity index (χ2v) is 5.92. The number of nitrogens with two attached hydrogens (primary N) is 1. The molecule has 0 fully saturated rings. The Morgan fingerprint density at radius 1 is 0.583 bits per heavy atom. The topological polar surface area (TPSA) is 44.5 Å². The second-order valence-electron chi connectivity index (χ2n) is 5.92. The van der Waals surface area contributed by atoms with E-state index in [1.807, 2.05) is 36.4 Å². The molecule has 3 nitrogen and oxygen atoms in total. The number of benzene rings is 4. The highest BCUT2D eigenvalue weighted by atomic mass is 16.7. The maximum Gasteiger partial charge on any atom is 0.299 e. The van der Waals surface area contributed by atoms with Crippen LogP contribution in [-0.4, -0.2) is 6.41 Å². The summed E-state index contributed by atoms with van der Waals surface area (Å²) in [4.78, 5) is 0. The van der Waals surface area contributed by atoms with Crippen molar-refractivity contribution in [1.29, 1.82) is 0 Å². The van der Waals surface area contributed by atoms with Gasteiger partial charge in [-0.15, -0.1) is 0 Å². The summed E-state index contributed by atoms with van der Waals surface area (Å²) in [6, 6.07) is 24.6. The molecule has 3 heteroatoms. The number of fused-ring (bicyclic) bond motifs is 7. The molecule has 4 aromatic carbocycles. The highest BCUT2D eigenvalue weighted by molar-refractivity contribution is 6.09. The zero-order valence-corrected chi connectivity index (χ0v) is 12.9. The number of rotatable bonds is 0. The average Bonchev–Trinajstić information content (AvgIpc) is 2.77. The van der Waals surface area contributed by atoms with Gasteiger partial charge in [-0.3, -0.25) is 5.73 Å². The Morgan fingerprint density at radius 2 is 1.04 bits per heavy atom. The van der Waals surface area contributed by atoms with Crippen LogP contribution in [0.1, 0.15) is 0 Å². The Bertz CT molecular complexity index is 1000. The molecule has 0 amide bonds. The van der Waals surface area contributed by atoms with Gasteiger partial charge in [0.15, 0.2) is 0 Å². The maximum absolute atomic E-state index is 6.01. The normalized spacial score (nSPS) is 13.7. The van der Waals surface area contributed by atoms with E-state index >= 15 is 0 Å². The lowest BCUT2D eigenvalue weighted by Gasteiger charge is -2.13. The van der Waals surface area contributed by atoms with Gasteiger partial charge in [-0.1, -0.05) is 60.7 Å². The monoisotopic (exact) mass is 313 g/mol. The molecule has 0 bridgehead atoms. The first-order valence-electron chi connectivity index (χ1n) is 7.94. The molecule has 0 spiro atoms. The lowest BCUT2D eigenvalue weighted by Crippen LogP contribution is -2.32. The van der Waals surface area contributed by atoms with E-state index in [-0.39, 0.29) is 0 Å². The van der Waals surface area contributed by atoms with Crippen molar-refractivity contribution in [1.82, 2.24) is 0 Å². The first-order valence-corrected chi connectivity index (χ1v) is 7.94. The van der Waals surface area contributed by atoms with Gasteiger partial charge in [0.05, 0.1) is 0 Å². The molecular weight excluding hydrogens is 298 g/mol. The molecule has 24 heavy (non-hydrogen) atoms. The van der Waals surface area contributed by atoms with Crippen LogP contribution in [0.2, 0.25) is 0 Å². The van der Waals surface area contributed by atoms with E-state index in [4.69, 9.17) is 15.2 Å². The van der Waals surface area contributed by atoms with Crippen LogP contribution >= 0.6 is 0 Å². The zero-order valence-electron chi connectivity index (χ0n) is 12.9. The standard InChI is InChI=1S/C21H15NO2/c22-21-23-17-11-9-13-5-1-3-7-15(13)19(17)20-16-8-4-2-6-14(16)10-12-18(20)24-21/h1-12,21H,22H2. The molecule has 4 aromatic rings. The summed E-state index contributed by atoms with van der Waals surface area (Å²) in [5.74, 6) is 1.49. The van der Waals surface area contributed by atoms with E-state index < -0.39 is 6.41 Å². The average molecular weight is 313 g/mol. The summed E-state index contributed by atoms with van der Waals surface area (Å²) in [6.45, 7) is 0. The van der Waals surface area contributed by atoms with E-state index in [0.717, 1.165) is 44.2 Å². The van der Waals surface area contributed by atoms with Gasteiger partial charge in [-0.25, -0.2) is 0 Å². The minimum atomic E-state index is -0.827. The van der Waals surface area contributed by atoms with Crippen LogP contribution < -0.4 is 15.2 Å². The largest absolute Gasteiger partial charge is 0.441 e. The lowest BCUT2D eigenvalue weighted by molar-refractivity contribution is 0.0157. The molecule has 0 aromatic heterocycles. The van der Waals surface area contributed by atoms with E-state index in [9.17, 15) is 0 Å². The van der Waals surface area contributed by atoms with Crippen molar-refractivity contribution in [3.8, 4) is 22.6 Å². The van der Waals surface area contributed by atoms with Gasteiger partial charge in [-0.2, -0.15) is 0 Å². The molecule has 0 atom stereocenters. The summed E-state index contributed by atoms with van der Waals surface area (Å²) in [5, 5.41) is 4.58. The highest BCUT2D eigenvalue weighted by Crippen LogP contribution is 2.47. The van der Waals surface area contributed by atoms with Gasteiger partial charge in [0, 0.05) is 11.1 Å². The van der Waals surface area contributed by atoms with Crippen molar-refractivity contribution in [2.24, 2.45) is 5.73 Å². The van der Waals surface area contributed by atoms with Gasteiger partial charge in [0.25, 0.3) is 6.41 Å². The number of hydrogen-bond acceptors (Lipinski definition) is 3. The molecule has 1 aliphatic rings. The van der Waals surface area contributed by atoms with Crippen LogP contribution in [0.25, 0.3) is 32.7 Å². The Kier molecular flexibility index (Phi) is 2.78. The predicted octanol–water partition coefficient (Wildman–Crippen LogP) is 4.67. The van der Waals surface area contributed by atoms with Crippen LogP contribution in [0.4, 0.5) is 0 Å². The Hall–Kier alpha value is -3.04. The van der Waals surface area contributed by atoms with Crippen molar-refractivity contribution < 1.29 is 9.47 Å². The van der Waals surface area contributed by atoms with Gasteiger partial charge in [0.2, 0.25) is 0 Å². The summed E-state index contributed by atoms with van der Waals surface area (Å²) in [7, 11) is 0. The molecule has 0 saturated heterocycles. The molecule has 2 N–H and O–H groups in total. The van der Waals surface area contributed by atoms with Crippen LogP contribution in [0.3, 0.4) is 0 Å².